The number of nitrogens with one attached hydrogen (secondary N) is 3. The molecule has 0 unspecified atom stereocenters. The van der Waals surface area contributed by atoms with Crippen molar-refractivity contribution in [2.45, 2.75) is 6.54 Å². The summed E-state index contributed by atoms with van der Waals surface area (Å²) in [6.07, 6.45) is 1.73. The minimum absolute atomic E-state index is 0.251. The van der Waals surface area contributed by atoms with E-state index in [9.17, 15) is 0 Å². The molecule has 3 heterocycles. The Kier molecular flexibility index (Phi) is 5.54. The van der Waals surface area contributed by atoms with Gasteiger partial charge >= 0.3 is 0 Å². The molecule has 4 aromatic rings. The normalized spacial score (nSPS) is 11.8. The predicted molar refractivity (Wildman–Crippen MR) is 122 cm³/mol. The summed E-state index contributed by atoms with van der Waals surface area (Å²) in [5, 5.41) is 15.0. The molecule has 0 fully saturated rings. The van der Waals surface area contributed by atoms with Gasteiger partial charge in [0, 0.05) is 36.6 Å². The molecule has 2 aromatic carbocycles. The van der Waals surface area contributed by atoms with Gasteiger partial charge in [0.2, 0.25) is 12.7 Å². The molecule has 5 rings (SSSR count). The lowest BCUT2D eigenvalue weighted by Gasteiger charge is -2.10. The molecule has 3 N–H and O–H groups in total. The van der Waals surface area contributed by atoms with Gasteiger partial charge < -0.3 is 34.6 Å². The molecule has 1 aliphatic heterocycles. The first kappa shape index (κ1) is 20.4. The van der Waals surface area contributed by atoms with Crippen LogP contribution in [0.15, 0.2) is 54.7 Å². The summed E-state index contributed by atoms with van der Waals surface area (Å²) < 4.78 is 21.5. The van der Waals surface area contributed by atoms with Crippen LogP contribution in [0.2, 0.25) is 0 Å². The number of ether oxygens (including phenoxy) is 4. The average molecular weight is 446 g/mol. The Morgan fingerprint density at radius 3 is 2.61 bits per heavy atom. The average Bonchev–Trinajstić information content (AvgIpc) is 3.51. The third-order valence-corrected chi connectivity index (χ3v) is 5.06. The van der Waals surface area contributed by atoms with Crippen LogP contribution in [0.4, 0.5) is 17.5 Å². The maximum absolute atomic E-state index is 5.45. The van der Waals surface area contributed by atoms with E-state index in [2.05, 4.69) is 30.8 Å². The lowest BCUT2D eigenvalue weighted by atomic mass is 10.2. The summed E-state index contributed by atoms with van der Waals surface area (Å²) >= 11 is 0. The Bertz CT molecular complexity index is 1250. The van der Waals surface area contributed by atoms with E-state index in [1.807, 2.05) is 42.5 Å². The maximum Gasteiger partial charge on any atom is 0.231 e. The highest BCUT2D eigenvalue weighted by atomic mass is 16.7. The molecular weight excluding hydrogens is 424 g/mol. The summed E-state index contributed by atoms with van der Waals surface area (Å²) in [5.41, 5.74) is 2.59. The molecule has 0 amide bonds. The molecule has 0 saturated carbocycles. The summed E-state index contributed by atoms with van der Waals surface area (Å²) in [6.45, 7) is 0.810. The molecule has 0 spiro atoms. The fourth-order valence-corrected chi connectivity index (χ4v) is 3.43. The minimum atomic E-state index is 0.251. The van der Waals surface area contributed by atoms with Gasteiger partial charge in [0.1, 0.15) is 17.3 Å². The zero-order valence-corrected chi connectivity index (χ0v) is 18.1. The number of nitrogens with zero attached hydrogens (tertiary/aromatic N) is 3. The Labute approximate surface area is 189 Å². The standard InChI is InChI=1S/C23H22N6O4/c1-30-16-9-15(10-17(11-16)31-2)26-23-27-22(28-29-23)18-4-3-7-24-21(18)25-12-14-5-6-19-20(8-14)33-13-32-19/h3-11H,12-13H2,1-2H3,(H,24,25)(H2,26,27,28,29). The van der Waals surface area contributed by atoms with E-state index in [0.29, 0.717) is 35.6 Å². The first-order chi connectivity index (χ1) is 16.2. The van der Waals surface area contributed by atoms with Crippen LogP contribution in [0.5, 0.6) is 23.0 Å². The number of methoxy groups -OCH3 is 2. The van der Waals surface area contributed by atoms with E-state index >= 15 is 0 Å². The first-order valence-corrected chi connectivity index (χ1v) is 10.2. The Morgan fingerprint density at radius 2 is 1.79 bits per heavy atom. The predicted octanol–water partition coefficient (Wildman–Crippen LogP) is 3.97. The second-order valence-electron chi connectivity index (χ2n) is 7.19. The second-order valence-corrected chi connectivity index (χ2v) is 7.19. The number of rotatable bonds is 8. The number of H-pyrrole nitrogens is 1. The van der Waals surface area contributed by atoms with Crippen molar-refractivity contribution in [1.29, 1.82) is 0 Å². The number of fused-ring (bicyclic) bond motifs is 1. The van der Waals surface area contributed by atoms with Crippen LogP contribution in [0.3, 0.4) is 0 Å². The Hall–Kier alpha value is -4.47. The van der Waals surface area contributed by atoms with Gasteiger partial charge in [0.15, 0.2) is 17.3 Å². The lowest BCUT2D eigenvalue weighted by Crippen LogP contribution is -2.03. The number of benzene rings is 2. The van der Waals surface area contributed by atoms with Crippen LogP contribution in [0.1, 0.15) is 5.56 Å². The molecule has 0 saturated heterocycles. The lowest BCUT2D eigenvalue weighted by molar-refractivity contribution is 0.174. The van der Waals surface area contributed by atoms with Gasteiger partial charge in [-0.05, 0) is 29.8 Å². The molecule has 2 aromatic heterocycles. The van der Waals surface area contributed by atoms with Gasteiger partial charge in [0.05, 0.1) is 19.8 Å². The van der Waals surface area contributed by atoms with E-state index < -0.39 is 0 Å². The molecule has 1 aliphatic rings. The quantitative estimate of drug-likeness (QED) is 0.370. The van der Waals surface area contributed by atoms with E-state index in [4.69, 9.17) is 18.9 Å². The number of pyridine rings is 1. The van der Waals surface area contributed by atoms with Crippen LogP contribution >= 0.6 is 0 Å². The molecule has 0 aliphatic carbocycles. The van der Waals surface area contributed by atoms with Gasteiger partial charge in [-0.3, -0.25) is 0 Å². The van der Waals surface area contributed by atoms with Crippen molar-refractivity contribution in [1.82, 2.24) is 20.2 Å². The topological polar surface area (TPSA) is 115 Å². The van der Waals surface area contributed by atoms with Gasteiger partial charge in [0.25, 0.3) is 0 Å². The van der Waals surface area contributed by atoms with E-state index in [-0.39, 0.29) is 6.79 Å². The van der Waals surface area contributed by atoms with E-state index in [0.717, 1.165) is 28.3 Å². The number of hydrogen-bond acceptors (Lipinski definition) is 9. The number of aromatic amines is 1. The van der Waals surface area contributed by atoms with Crippen molar-refractivity contribution < 1.29 is 18.9 Å². The summed E-state index contributed by atoms with van der Waals surface area (Å²) in [4.78, 5) is 7.67. The van der Waals surface area contributed by atoms with Crippen molar-refractivity contribution in [2.24, 2.45) is 0 Å². The van der Waals surface area contributed by atoms with Crippen molar-refractivity contribution in [3.05, 3.63) is 60.3 Å². The summed E-state index contributed by atoms with van der Waals surface area (Å²) in [7, 11) is 3.21. The van der Waals surface area contributed by atoms with Crippen molar-refractivity contribution in [2.75, 3.05) is 31.6 Å². The number of hydrogen-bond donors (Lipinski definition) is 3. The molecular formula is C23H22N6O4. The van der Waals surface area contributed by atoms with E-state index in [1.54, 1.807) is 26.5 Å². The van der Waals surface area contributed by atoms with Crippen LogP contribution in [-0.2, 0) is 6.54 Å². The van der Waals surface area contributed by atoms with Gasteiger partial charge in [-0.1, -0.05) is 6.07 Å². The molecule has 0 radical (unpaired) electrons. The molecule has 10 heteroatoms. The maximum atomic E-state index is 5.45. The summed E-state index contributed by atoms with van der Waals surface area (Å²) in [6, 6.07) is 15.1. The monoisotopic (exact) mass is 446 g/mol. The Morgan fingerprint density at radius 1 is 0.970 bits per heavy atom. The molecule has 0 atom stereocenters. The fraction of sp³-hybridized carbons (Fsp3) is 0.174. The van der Waals surface area contributed by atoms with Crippen molar-refractivity contribution >= 4 is 17.5 Å². The largest absolute Gasteiger partial charge is 0.497 e. The van der Waals surface area contributed by atoms with Gasteiger partial charge in [-0.2, -0.15) is 0 Å². The third kappa shape index (κ3) is 4.45. The zero-order valence-electron chi connectivity index (χ0n) is 18.1. The summed E-state index contributed by atoms with van der Waals surface area (Å²) in [5.74, 6) is 4.57. The SMILES string of the molecule is COc1cc(Nc2nnc(-c3cccnc3NCc3ccc4c(c3)OCO4)[nH]2)cc(OC)c1. The molecule has 168 valence electrons. The first-order valence-electron chi connectivity index (χ1n) is 10.2. The van der Waals surface area contributed by atoms with Crippen LogP contribution < -0.4 is 29.6 Å². The Balaban J connectivity index is 1.33. The molecule has 0 bridgehead atoms. The zero-order chi connectivity index (χ0) is 22.6. The van der Waals surface area contributed by atoms with E-state index in [1.165, 1.54) is 0 Å². The van der Waals surface area contributed by atoms with Crippen molar-refractivity contribution in [3.63, 3.8) is 0 Å². The van der Waals surface area contributed by atoms with Crippen LogP contribution in [0, 0.1) is 0 Å². The minimum Gasteiger partial charge on any atom is -0.497 e. The smallest absolute Gasteiger partial charge is 0.231 e. The van der Waals surface area contributed by atoms with Crippen LogP contribution in [0.25, 0.3) is 11.4 Å². The highest BCUT2D eigenvalue weighted by Crippen LogP contribution is 2.33. The number of aromatic nitrogens is 4. The van der Waals surface area contributed by atoms with Crippen molar-refractivity contribution in [3.8, 4) is 34.4 Å². The second kappa shape index (κ2) is 8.95. The van der Waals surface area contributed by atoms with Crippen LogP contribution in [-0.4, -0.2) is 41.2 Å². The van der Waals surface area contributed by atoms with Gasteiger partial charge in [-0.25, -0.2) is 4.98 Å². The fourth-order valence-electron chi connectivity index (χ4n) is 3.43. The van der Waals surface area contributed by atoms with Gasteiger partial charge in [-0.15, -0.1) is 10.2 Å². The number of anilines is 3. The third-order valence-electron chi connectivity index (χ3n) is 5.06. The molecule has 10 nitrogen and oxygen atoms in total. The highest BCUT2D eigenvalue weighted by molar-refractivity contribution is 5.71. The molecule has 33 heavy (non-hydrogen) atoms. The highest BCUT2D eigenvalue weighted by Gasteiger charge is 2.15.